The molecule has 4 rings (SSSR count). The Morgan fingerprint density at radius 2 is 1.25 bits per heavy atom. The SMILES string of the molecule is Nc1nc(-c2ccccc2)ccc1[N+](=O)[O-].O=c1[nH]c(-c2ccccc2)ccc1[N+](=O)[O-]. The number of hydrogen-bond acceptors (Lipinski definition) is 7. The lowest BCUT2D eigenvalue weighted by atomic mass is 10.1. The summed E-state index contributed by atoms with van der Waals surface area (Å²) in [4.78, 5) is 37.6. The molecule has 2 heterocycles. The number of aromatic nitrogens is 2. The first-order chi connectivity index (χ1) is 15.4. The molecule has 3 N–H and O–H groups in total. The molecule has 10 heteroatoms. The number of hydrogen-bond donors (Lipinski definition) is 2. The maximum Gasteiger partial charge on any atom is 0.333 e. The molecule has 0 unspecified atom stereocenters. The van der Waals surface area contributed by atoms with Crippen LogP contribution in [0.5, 0.6) is 0 Å². The van der Waals surface area contributed by atoms with Gasteiger partial charge in [-0.25, -0.2) is 4.98 Å². The van der Waals surface area contributed by atoms with Crippen LogP contribution in [0.25, 0.3) is 22.5 Å². The second-order valence-electron chi connectivity index (χ2n) is 6.43. The summed E-state index contributed by atoms with van der Waals surface area (Å²) in [7, 11) is 0. The van der Waals surface area contributed by atoms with Crippen LogP contribution in [0.15, 0.2) is 89.7 Å². The molecule has 0 atom stereocenters. The topological polar surface area (TPSA) is 158 Å². The first kappa shape index (κ1) is 21.8. The molecule has 0 aliphatic heterocycles. The second kappa shape index (κ2) is 9.76. The molecule has 0 radical (unpaired) electrons. The van der Waals surface area contributed by atoms with Gasteiger partial charge in [0.1, 0.15) is 0 Å². The van der Waals surface area contributed by atoms with Crippen LogP contribution in [0.1, 0.15) is 0 Å². The molecule has 0 bridgehead atoms. The fraction of sp³-hybridized carbons (Fsp3) is 0. The second-order valence-corrected chi connectivity index (χ2v) is 6.43. The van der Waals surface area contributed by atoms with Crippen molar-refractivity contribution in [3.8, 4) is 22.5 Å². The number of nitrogens with zero attached hydrogens (tertiary/aromatic N) is 3. The van der Waals surface area contributed by atoms with E-state index in [-0.39, 0.29) is 11.5 Å². The molecule has 4 aromatic rings. The zero-order chi connectivity index (χ0) is 23.1. The lowest BCUT2D eigenvalue weighted by Crippen LogP contribution is -2.11. The Balaban J connectivity index is 0.000000181. The molecule has 0 spiro atoms. The molecular formula is C22H17N5O5. The quantitative estimate of drug-likeness (QED) is 0.362. The summed E-state index contributed by atoms with van der Waals surface area (Å²) >= 11 is 0. The van der Waals surface area contributed by atoms with Crippen molar-refractivity contribution in [3.05, 3.63) is 116 Å². The zero-order valence-electron chi connectivity index (χ0n) is 16.5. The average Bonchev–Trinajstić information content (AvgIpc) is 2.80. The van der Waals surface area contributed by atoms with Crippen LogP contribution in [0.4, 0.5) is 17.2 Å². The van der Waals surface area contributed by atoms with E-state index in [0.29, 0.717) is 11.4 Å². The fourth-order valence-electron chi connectivity index (χ4n) is 2.79. The van der Waals surface area contributed by atoms with Crippen LogP contribution >= 0.6 is 0 Å². The number of aromatic amines is 1. The van der Waals surface area contributed by atoms with E-state index < -0.39 is 21.1 Å². The highest BCUT2D eigenvalue weighted by Crippen LogP contribution is 2.24. The van der Waals surface area contributed by atoms with Crippen LogP contribution in [-0.2, 0) is 0 Å². The number of anilines is 1. The van der Waals surface area contributed by atoms with E-state index in [2.05, 4.69) is 9.97 Å². The lowest BCUT2D eigenvalue weighted by Gasteiger charge is -2.01. The van der Waals surface area contributed by atoms with Gasteiger partial charge in [-0.15, -0.1) is 0 Å². The third-order valence-electron chi connectivity index (χ3n) is 4.34. The minimum Gasteiger partial charge on any atom is -0.378 e. The number of H-pyrrole nitrogens is 1. The van der Waals surface area contributed by atoms with Gasteiger partial charge < -0.3 is 10.7 Å². The van der Waals surface area contributed by atoms with Crippen molar-refractivity contribution in [2.24, 2.45) is 0 Å². The number of nitrogens with two attached hydrogens (primary N) is 1. The van der Waals surface area contributed by atoms with Crippen LogP contribution in [0, 0.1) is 20.2 Å². The molecular weight excluding hydrogens is 414 g/mol. The van der Waals surface area contributed by atoms with Gasteiger partial charge in [0.25, 0.3) is 0 Å². The molecule has 2 aromatic carbocycles. The van der Waals surface area contributed by atoms with E-state index in [9.17, 15) is 25.0 Å². The summed E-state index contributed by atoms with van der Waals surface area (Å²) in [5, 5.41) is 21.0. The number of nitro groups is 2. The van der Waals surface area contributed by atoms with Gasteiger partial charge in [0.15, 0.2) is 0 Å². The summed E-state index contributed by atoms with van der Waals surface area (Å²) < 4.78 is 0. The van der Waals surface area contributed by atoms with E-state index >= 15 is 0 Å². The van der Waals surface area contributed by atoms with Gasteiger partial charge in [0.05, 0.1) is 15.5 Å². The van der Waals surface area contributed by atoms with Crippen LogP contribution in [-0.4, -0.2) is 19.8 Å². The lowest BCUT2D eigenvalue weighted by molar-refractivity contribution is -0.386. The first-order valence-electron chi connectivity index (χ1n) is 9.26. The minimum absolute atomic E-state index is 0.0636. The Bertz CT molecular complexity index is 1310. The predicted molar refractivity (Wildman–Crippen MR) is 120 cm³/mol. The van der Waals surface area contributed by atoms with Crippen molar-refractivity contribution in [2.75, 3.05) is 5.73 Å². The summed E-state index contributed by atoms with van der Waals surface area (Å²) in [6.07, 6.45) is 0. The molecule has 0 saturated heterocycles. The average molecular weight is 431 g/mol. The first-order valence-corrected chi connectivity index (χ1v) is 9.26. The number of pyridine rings is 2. The van der Waals surface area contributed by atoms with Crippen molar-refractivity contribution < 1.29 is 9.85 Å². The minimum atomic E-state index is -0.701. The number of nitrogens with one attached hydrogen (secondary N) is 1. The Morgan fingerprint density at radius 1 is 0.719 bits per heavy atom. The van der Waals surface area contributed by atoms with Crippen LogP contribution < -0.4 is 11.3 Å². The molecule has 2 aromatic heterocycles. The molecule has 0 fully saturated rings. The van der Waals surface area contributed by atoms with Crippen molar-refractivity contribution in [2.45, 2.75) is 0 Å². The van der Waals surface area contributed by atoms with E-state index in [0.717, 1.165) is 11.1 Å². The van der Waals surface area contributed by atoms with Gasteiger partial charge in [-0.2, -0.15) is 0 Å². The molecule has 160 valence electrons. The van der Waals surface area contributed by atoms with Crippen molar-refractivity contribution in [3.63, 3.8) is 0 Å². The maximum atomic E-state index is 11.4. The van der Waals surface area contributed by atoms with E-state index in [1.165, 1.54) is 18.2 Å². The maximum absolute atomic E-state index is 11.4. The van der Waals surface area contributed by atoms with Gasteiger partial charge in [-0.3, -0.25) is 25.0 Å². The van der Waals surface area contributed by atoms with Gasteiger partial charge in [0, 0.05) is 23.4 Å². The smallest absolute Gasteiger partial charge is 0.333 e. The fourth-order valence-corrected chi connectivity index (χ4v) is 2.79. The predicted octanol–water partition coefficient (Wildman–Crippen LogP) is 4.19. The molecule has 0 aliphatic carbocycles. The summed E-state index contributed by atoms with van der Waals surface area (Å²) in [5.74, 6) is -0.0636. The number of rotatable bonds is 4. The van der Waals surface area contributed by atoms with Crippen LogP contribution in [0.3, 0.4) is 0 Å². The zero-order valence-corrected chi connectivity index (χ0v) is 16.5. The number of benzene rings is 2. The van der Waals surface area contributed by atoms with Gasteiger partial charge in [-0.05, 0) is 17.7 Å². The molecule has 0 saturated carbocycles. The highest BCUT2D eigenvalue weighted by Gasteiger charge is 2.13. The highest BCUT2D eigenvalue weighted by atomic mass is 16.6. The number of nitrogen functional groups attached to an aromatic ring is 1. The van der Waals surface area contributed by atoms with Crippen molar-refractivity contribution >= 4 is 17.2 Å². The summed E-state index contributed by atoms with van der Waals surface area (Å²) in [5.41, 5.74) is 7.09. The summed E-state index contributed by atoms with van der Waals surface area (Å²) in [6.45, 7) is 0. The van der Waals surface area contributed by atoms with Gasteiger partial charge in [-0.1, -0.05) is 60.7 Å². The molecule has 32 heavy (non-hydrogen) atoms. The third-order valence-corrected chi connectivity index (χ3v) is 4.34. The van der Waals surface area contributed by atoms with Gasteiger partial charge >= 0.3 is 16.9 Å². The monoisotopic (exact) mass is 431 g/mol. The Morgan fingerprint density at radius 3 is 1.75 bits per heavy atom. The van der Waals surface area contributed by atoms with Crippen LogP contribution in [0.2, 0.25) is 0 Å². The summed E-state index contributed by atoms with van der Waals surface area (Å²) in [6, 6.07) is 24.2. The molecule has 0 aliphatic rings. The Hall–Kier alpha value is -4.86. The highest BCUT2D eigenvalue weighted by molar-refractivity contribution is 5.65. The molecule has 10 nitrogen and oxygen atoms in total. The van der Waals surface area contributed by atoms with Gasteiger partial charge in [0.2, 0.25) is 5.82 Å². The van der Waals surface area contributed by atoms with Crippen molar-refractivity contribution in [1.82, 2.24) is 9.97 Å². The standard InChI is InChI=1S/C11H9N3O2.C11H8N2O3/c12-11-10(14(15)16)7-6-9(13-11)8-4-2-1-3-5-8;14-11-10(13(15)16)7-6-9(12-11)8-4-2-1-3-5-8/h1-7H,(H2,12,13);1-7H,(H,12,14). The third kappa shape index (κ3) is 5.19. The molecule has 0 amide bonds. The normalized spacial score (nSPS) is 10.0. The largest absolute Gasteiger partial charge is 0.378 e. The Labute approximate surface area is 181 Å². The van der Waals surface area contributed by atoms with Crippen molar-refractivity contribution in [1.29, 1.82) is 0 Å². The van der Waals surface area contributed by atoms with E-state index in [1.54, 1.807) is 6.07 Å². The van der Waals surface area contributed by atoms with E-state index in [4.69, 9.17) is 5.73 Å². The Kier molecular flexibility index (Phi) is 6.66. The van der Waals surface area contributed by atoms with E-state index in [1.807, 2.05) is 60.7 Å².